The van der Waals surface area contributed by atoms with E-state index in [1.807, 2.05) is 46.0 Å². The number of hydrogen-bond acceptors (Lipinski definition) is 3. The van der Waals surface area contributed by atoms with Gasteiger partial charge in [-0.3, -0.25) is 4.98 Å². The Morgan fingerprint density at radius 1 is 1.17 bits per heavy atom. The fourth-order valence-corrected chi connectivity index (χ4v) is 2.22. The van der Waals surface area contributed by atoms with Crippen LogP contribution in [0.3, 0.4) is 0 Å². The minimum atomic E-state index is -0.558. The summed E-state index contributed by atoms with van der Waals surface area (Å²) in [6.45, 7) is 7.79. The third-order valence-corrected chi connectivity index (χ3v) is 3.33. The molecule has 0 amide bonds. The van der Waals surface area contributed by atoms with Gasteiger partial charge in [0.1, 0.15) is 11.5 Å². The Labute approximate surface area is 107 Å². The molecule has 0 aliphatic rings. The van der Waals surface area contributed by atoms with Crippen molar-refractivity contribution in [3.63, 3.8) is 0 Å². The second-order valence-electron chi connectivity index (χ2n) is 4.80. The van der Waals surface area contributed by atoms with Crippen LogP contribution >= 0.6 is 0 Å². The molecule has 1 atom stereocenters. The van der Waals surface area contributed by atoms with Crippen LogP contribution in [0.2, 0.25) is 0 Å². The summed E-state index contributed by atoms with van der Waals surface area (Å²) < 4.78 is 5.54. The van der Waals surface area contributed by atoms with Crippen molar-refractivity contribution < 1.29 is 9.52 Å². The number of hydrogen-bond donors (Lipinski definition) is 1. The second kappa shape index (κ2) is 4.94. The Morgan fingerprint density at radius 3 is 2.39 bits per heavy atom. The Bertz CT molecular complexity index is 540. The molecular weight excluding hydrogens is 226 g/mol. The number of furan rings is 1. The number of aliphatic hydroxyl groups excluding tert-OH is 1. The number of pyridine rings is 1. The summed E-state index contributed by atoms with van der Waals surface area (Å²) in [5.74, 6) is 1.67. The fourth-order valence-electron chi connectivity index (χ4n) is 2.22. The Balaban J connectivity index is 2.21. The lowest BCUT2D eigenvalue weighted by molar-refractivity contribution is 0.174. The number of rotatable bonds is 3. The summed E-state index contributed by atoms with van der Waals surface area (Å²) in [4.78, 5) is 4.32. The molecule has 0 bridgehead atoms. The molecule has 2 heterocycles. The maximum atomic E-state index is 10.3. The lowest BCUT2D eigenvalue weighted by Gasteiger charge is -2.11. The molecule has 0 fully saturated rings. The zero-order valence-corrected chi connectivity index (χ0v) is 11.3. The van der Waals surface area contributed by atoms with Gasteiger partial charge in [0.2, 0.25) is 0 Å². The largest absolute Gasteiger partial charge is 0.466 e. The number of aryl methyl sites for hydroxylation is 3. The van der Waals surface area contributed by atoms with E-state index in [0.717, 1.165) is 33.9 Å². The molecule has 0 saturated carbocycles. The molecule has 0 aliphatic carbocycles. The van der Waals surface area contributed by atoms with Crippen molar-refractivity contribution in [1.29, 1.82) is 0 Å². The molecule has 0 aromatic carbocycles. The molecule has 3 heteroatoms. The lowest BCUT2D eigenvalue weighted by Crippen LogP contribution is -2.05. The SMILES string of the molecule is Cc1ccc(CC(O)c2c(C)oc(C)c2C)nc1. The first-order valence-corrected chi connectivity index (χ1v) is 6.15. The molecule has 3 nitrogen and oxygen atoms in total. The molecule has 1 N–H and O–H groups in total. The van der Waals surface area contributed by atoms with Crippen LogP contribution in [0.1, 0.15) is 40.0 Å². The third kappa shape index (κ3) is 2.46. The first kappa shape index (κ1) is 12.8. The van der Waals surface area contributed by atoms with Crippen molar-refractivity contribution in [3.05, 3.63) is 52.2 Å². The predicted molar refractivity (Wildman–Crippen MR) is 70.6 cm³/mol. The molecule has 0 spiro atoms. The number of nitrogens with zero attached hydrogens (tertiary/aromatic N) is 1. The highest BCUT2D eigenvalue weighted by molar-refractivity contribution is 5.34. The lowest BCUT2D eigenvalue weighted by atomic mass is 10.0. The van der Waals surface area contributed by atoms with E-state index in [1.54, 1.807) is 0 Å². The minimum absolute atomic E-state index is 0.515. The molecule has 2 rings (SSSR count). The van der Waals surface area contributed by atoms with Crippen LogP contribution in [-0.4, -0.2) is 10.1 Å². The van der Waals surface area contributed by atoms with E-state index in [4.69, 9.17) is 4.42 Å². The third-order valence-electron chi connectivity index (χ3n) is 3.33. The van der Waals surface area contributed by atoms with E-state index in [9.17, 15) is 5.11 Å². The summed E-state index contributed by atoms with van der Waals surface area (Å²) >= 11 is 0. The smallest absolute Gasteiger partial charge is 0.107 e. The molecule has 2 aromatic heterocycles. The van der Waals surface area contributed by atoms with E-state index in [1.165, 1.54) is 0 Å². The average Bonchev–Trinajstić information content (AvgIpc) is 2.56. The van der Waals surface area contributed by atoms with Crippen LogP contribution in [-0.2, 0) is 6.42 Å². The standard InChI is InChI=1S/C15H19NO2/c1-9-5-6-13(16-8-9)7-14(17)15-10(2)11(3)18-12(15)4/h5-6,8,14,17H,7H2,1-4H3. The van der Waals surface area contributed by atoms with Gasteiger partial charge in [-0.25, -0.2) is 0 Å². The predicted octanol–water partition coefficient (Wildman–Crippen LogP) is 3.18. The summed E-state index contributed by atoms with van der Waals surface area (Å²) in [5.41, 5.74) is 3.95. The van der Waals surface area contributed by atoms with E-state index >= 15 is 0 Å². The number of aliphatic hydroxyl groups is 1. The summed E-state index contributed by atoms with van der Waals surface area (Å²) in [7, 11) is 0. The molecular formula is C15H19NO2. The quantitative estimate of drug-likeness (QED) is 0.903. The van der Waals surface area contributed by atoms with E-state index in [0.29, 0.717) is 6.42 Å². The normalized spacial score (nSPS) is 12.7. The molecule has 1 unspecified atom stereocenters. The van der Waals surface area contributed by atoms with Crippen molar-refractivity contribution in [2.75, 3.05) is 0 Å². The highest BCUT2D eigenvalue weighted by Gasteiger charge is 2.19. The highest BCUT2D eigenvalue weighted by atomic mass is 16.3. The van der Waals surface area contributed by atoms with Gasteiger partial charge in [0.05, 0.1) is 6.10 Å². The van der Waals surface area contributed by atoms with Crippen molar-refractivity contribution in [2.24, 2.45) is 0 Å². The van der Waals surface area contributed by atoms with Crippen LogP contribution in [0.15, 0.2) is 22.7 Å². The first-order chi connectivity index (χ1) is 8.49. The van der Waals surface area contributed by atoms with Crippen LogP contribution in [0.25, 0.3) is 0 Å². The fraction of sp³-hybridized carbons (Fsp3) is 0.400. The Kier molecular flexibility index (Phi) is 3.53. The van der Waals surface area contributed by atoms with E-state index < -0.39 is 6.10 Å². The maximum absolute atomic E-state index is 10.3. The van der Waals surface area contributed by atoms with Gasteiger partial charge in [0.15, 0.2) is 0 Å². The summed E-state index contributed by atoms with van der Waals surface area (Å²) in [6.07, 6.45) is 1.78. The van der Waals surface area contributed by atoms with Crippen LogP contribution in [0.5, 0.6) is 0 Å². The van der Waals surface area contributed by atoms with Crippen molar-refractivity contribution >= 4 is 0 Å². The maximum Gasteiger partial charge on any atom is 0.107 e. The van der Waals surface area contributed by atoms with Gasteiger partial charge in [-0.05, 0) is 44.9 Å². The molecule has 96 valence electrons. The van der Waals surface area contributed by atoms with Crippen LogP contribution in [0.4, 0.5) is 0 Å². The summed E-state index contributed by atoms with van der Waals surface area (Å²) in [6, 6.07) is 3.96. The molecule has 2 aromatic rings. The molecule has 18 heavy (non-hydrogen) atoms. The minimum Gasteiger partial charge on any atom is -0.466 e. The zero-order valence-electron chi connectivity index (χ0n) is 11.3. The van der Waals surface area contributed by atoms with Gasteiger partial charge in [-0.2, -0.15) is 0 Å². The molecule has 0 radical (unpaired) electrons. The first-order valence-electron chi connectivity index (χ1n) is 6.15. The monoisotopic (exact) mass is 245 g/mol. The highest BCUT2D eigenvalue weighted by Crippen LogP contribution is 2.28. The van der Waals surface area contributed by atoms with Crippen molar-refractivity contribution in [2.45, 2.75) is 40.2 Å². The van der Waals surface area contributed by atoms with E-state index in [2.05, 4.69) is 4.98 Å². The topological polar surface area (TPSA) is 46.3 Å². The average molecular weight is 245 g/mol. The van der Waals surface area contributed by atoms with Crippen molar-refractivity contribution in [1.82, 2.24) is 4.98 Å². The Morgan fingerprint density at radius 2 is 1.89 bits per heavy atom. The van der Waals surface area contributed by atoms with Gasteiger partial charge < -0.3 is 9.52 Å². The second-order valence-corrected chi connectivity index (χ2v) is 4.80. The van der Waals surface area contributed by atoms with Gasteiger partial charge in [-0.15, -0.1) is 0 Å². The van der Waals surface area contributed by atoms with Gasteiger partial charge in [-0.1, -0.05) is 6.07 Å². The molecule has 0 aliphatic heterocycles. The van der Waals surface area contributed by atoms with Crippen molar-refractivity contribution in [3.8, 4) is 0 Å². The summed E-state index contributed by atoms with van der Waals surface area (Å²) in [5, 5.41) is 10.3. The molecule has 0 saturated heterocycles. The zero-order chi connectivity index (χ0) is 13.3. The van der Waals surface area contributed by atoms with Crippen LogP contribution < -0.4 is 0 Å². The van der Waals surface area contributed by atoms with E-state index in [-0.39, 0.29) is 0 Å². The van der Waals surface area contributed by atoms with Gasteiger partial charge >= 0.3 is 0 Å². The van der Waals surface area contributed by atoms with Gasteiger partial charge in [0, 0.05) is 23.9 Å². The van der Waals surface area contributed by atoms with Crippen LogP contribution in [0, 0.1) is 27.7 Å². The van der Waals surface area contributed by atoms with Gasteiger partial charge in [0.25, 0.3) is 0 Å². The Hall–Kier alpha value is -1.61. The number of aromatic nitrogens is 1.